The van der Waals surface area contributed by atoms with E-state index in [1.807, 2.05) is 6.07 Å². The van der Waals surface area contributed by atoms with E-state index >= 15 is 0 Å². The van der Waals surface area contributed by atoms with Gasteiger partial charge in [-0.05, 0) is 31.0 Å². The molecule has 202 valence electrons. The molecule has 2 fully saturated rings. The Labute approximate surface area is 228 Å². The first kappa shape index (κ1) is 25.6. The first-order valence-corrected chi connectivity index (χ1v) is 13.8. The van der Waals surface area contributed by atoms with Gasteiger partial charge in [-0.1, -0.05) is 55.7 Å². The lowest BCUT2D eigenvalue weighted by molar-refractivity contribution is -0.0424. The van der Waals surface area contributed by atoms with Gasteiger partial charge in [-0.25, -0.2) is 0 Å². The zero-order chi connectivity index (χ0) is 27.1. The molecule has 3 aromatic rings. The van der Waals surface area contributed by atoms with Crippen molar-refractivity contribution in [3.8, 4) is 0 Å². The maximum Gasteiger partial charge on any atom is 0.196 e. The van der Waals surface area contributed by atoms with Gasteiger partial charge in [-0.15, -0.1) is 0 Å². The van der Waals surface area contributed by atoms with Crippen molar-refractivity contribution in [1.82, 2.24) is 4.90 Å². The molecule has 8 nitrogen and oxygen atoms in total. The van der Waals surface area contributed by atoms with Gasteiger partial charge in [0.1, 0.15) is 0 Å². The number of hydrogen-bond acceptors (Lipinski definition) is 8. The van der Waals surface area contributed by atoms with E-state index in [1.54, 1.807) is 48.5 Å². The van der Waals surface area contributed by atoms with Gasteiger partial charge in [0, 0.05) is 54.6 Å². The Morgan fingerprint density at radius 1 is 0.821 bits per heavy atom. The van der Waals surface area contributed by atoms with E-state index in [0.29, 0.717) is 39.8 Å². The number of piperazine rings is 1. The van der Waals surface area contributed by atoms with Crippen molar-refractivity contribution in [2.75, 3.05) is 42.1 Å². The summed E-state index contributed by atoms with van der Waals surface area (Å²) in [6, 6.07) is 16.0. The number of ketones is 2. The molecule has 0 amide bonds. The second-order valence-electron chi connectivity index (χ2n) is 10.7. The van der Waals surface area contributed by atoms with Gasteiger partial charge in [0.25, 0.3) is 0 Å². The number of nitrogen functional groups attached to an aromatic ring is 1. The number of benzene rings is 3. The van der Waals surface area contributed by atoms with Crippen molar-refractivity contribution >= 4 is 34.3 Å². The molecule has 0 radical (unpaired) electrons. The molecule has 0 spiro atoms. The number of anilines is 4. The van der Waals surface area contributed by atoms with E-state index in [2.05, 4.69) is 15.1 Å². The fraction of sp³-hybridized carbons (Fsp3) is 0.355. The zero-order valence-corrected chi connectivity index (χ0v) is 21.9. The van der Waals surface area contributed by atoms with Gasteiger partial charge in [0.05, 0.1) is 28.2 Å². The van der Waals surface area contributed by atoms with Crippen LogP contribution in [0.25, 0.3) is 0 Å². The molecule has 8 heteroatoms. The molecule has 1 saturated heterocycles. The maximum absolute atomic E-state index is 13.7. The number of carbonyl (C=O) groups is 2. The van der Waals surface area contributed by atoms with E-state index in [-0.39, 0.29) is 22.7 Å². The fourth-order valence-electron chi connectivity index (χ4n) is 6.33. The molecule has 6 rings (SSSR count). The van der Waals surface area contributed by atoms with Crippen LogP contribution in [0.15, 0.2) is 54.6 Å². The summed E-state index contributed by atoms with van der Waals surface area (Å²) in [5.74, 6) is -0.493. The lowest BCUT2D eigenvalue weighted by Crippen LogP contribution is -2.51. The van der Waals surface area contributed by atoms with Crippen molar-refractivity contribution < 1.29 is 19.8 Å². The Morgan fingerprint density at radius 2 is 1.44 bits per heavy atom. The minimum absolute atomic E-state index is 0.245. The lowest BCUT2D eigenvalue weighted by Gasteiger charge is -2.42. The van der Waals surface area contributed by atoms with Crippen LogP contribution in [-0.4, -0.2) is 58.9 Å². The molecular formula is C31H34N4O4. The monoisotopic (exact) mass is 526 g/mol. The molecule has 3 aliphatic rings. The van der Waals surface area contributed by atoms with Crippen molar-refractivity contribution in [3.05, 3.63) is 82.4 Å². The van der Waals surface area contributed by atoms with Crippen LogP contribution < -0.4 is 16.0 Å². The lowest BCUT2D eigenvalue weighted by atomic mass is 9.81. The fourth-order valence-corrected chi connectivity index (χ4v) is 6.33. The van der Waals surface area contributed by atoms with E-state index in [4.69, 9.17) is 5.73 Å². The van der Waals surface area contributed by atoms with Crippen molar-refractivity contribution in [2.45, 2.75) is 44.4 Å². The highest BCUT2D eigenvalue weighted by Gasteiger charge is 2.36. The molecule has 0 atom stereocenters. The highest BCUT2D eigenvalue weighted by atomic mass is 16.5. The van der Waals surface area contributed by atoms with E-state index in [1.165, 1.54) is 32.1 Å². The summed E-state index contributed by atoms with van der Waals surface area (Å²) in [5, 5.41) is 22.2. The molecule has 39 heavy (non-hydrogen) atoms. The van der Waals surface area contributed by atoms with E-state index < -0.39 is 6.29 Å². The van der Waals surface area contributed by atoms with Gasteiger partial charge in [0.2, 0.25) is 0 Å². The normalized spacial score (nSPS) is 18.3. The number of fused-ring (bicyclic) bond motifs is 2. The smallest absolute Gasteiger partial charge is 0.196 e. The summed E-state index contributed by atoms with van der Waals surface area (Å²) in [5.41, 5.74) is 10.6. The second-order valence-corrected chi connectivity index (χ2v) is 10.7. The van der Waals surface area contributed by atoms with Crippen molar-refractivity contribution in [2.24, 2.45) is 0 Å². The molecular weight excluding hydrogens is 492 g/mol. The highest BCUT2D eigenvalue weighted by Crippen LogP contribution is 2.42. The average Bonchev–Trinajstić information content (AvgIpc) is 2.97. The molecule has 0 bridgehead atoms. The predicted octanol–water partition coefficient (Wildman–Crippen LogP) is 4.23. The first-order chi connectivity index (χ1) is 18.9. The van der Waals surface area contributed by atoms with Gasteiger partial charge >= 0.3 is 0 Å². The third kappa shape index (κ3) is 4.69. The summed E-state index contributed by atoms with van der Waals surface area (Å²) < 4.78 is 0. The van der Waals surface area contributed by atoms with Crippen LogP contribution in [-0.2, 0) is 0 Å². The average molecular weight is 527 g/mol. The molecule has 3 aromatic carbocycles. The number of nitrogens with one attached hydrogen (secondary N) is 1. The molecule has 0 unspecified atom stereocenters. The van der Waals surface area contributed by atoms with Gasteiger partial charge in [0.15, 0.2) is 17.9 Å². The van der Waals surface area contributed by atoms with Crippen LogP contribution in [0.5, 0.6) is 0 Å². The maximum atomic E-state index is 13.7. The molecule has 1 aliphatic heterocycles. The van der Waals surface area contributed by atoms with E-state index in [0.717, 1.165) is 31.9 Å². The summed E-state index contributed by atoms with van der Waals surface area (Å²) in [6.07, 6.45) is 4.88. The topological polar surface area (TPSA) is 119 Å². The number of aliphatic hydroxyl groups is 2. The number of hydrogen-bond donors (Lipinski definition) is 4. The molecule has 1 heterocycles. The second kappa shape index (κ2) is 10.4. The summed E-state index contributed by atoms with van der Waals surface area (Å²) in [7, 11) is 0. The van der Waals surface area contributed by atoms with Crippen LogP contribution in [0.2, 0.25) is 0 Å². The summed E-state index contributed by atoms with van der Waals surface area (Å²) in [6.45, 7) is 3.46. The molecule has 0 aromatic heterocycles. The first-order valence-electron chi connectivity index (χ1n) is 13.8. The van der Waals surface area contributed by atoms with Crippen molar-refractivity contribution in [1.29, 1.82) is 0 Å². The van der Waals surface area contributed by atoms with Crippen LogP contribution >= 0.6 is 0 Å². The zero-order valence-electron chi connectivity index (χ0n) is 21.9. The number of rotatable bonds is 5. The Bertz CT molecular complexity index is 1400. The summed E-state index contributed by atoms with van der Waals surface area (Å²) >= 11 is 0. The van der Waals surface area contributed by atoms with Gasteiger partial charge in [-0.3, -0.25) is 14.5 Å². The quantitative estimate of drug-likeness (QED) is 0.225. The largest absolute Gasteiger partial charge is 0.396 e. The predicted molar refractivity (Wildman–Crippen MR) is 152 cm³/mol. The number of carbonyl (C=O) groups excluding carboxylic acids is 2. The van der Waals surface area contributed by atoms with Crippen LogP contribution in [0, 0.1) is 0 Å². The van der Waals surface area contributed by atoms with Gasteiger partial charge < -0.3 is 26.2 Å². The SMILES string of the molecule is Nc1c(N2CCN(C3CCCCC3)CC2)cc(Nc2ccc(C(O)O)cc2)c2c1C(=O)c1ccccc1C2=O. The summed E-state index contributed by atoms with van der Waals surface area (Å²) in [4.78, 5) is 32.3. The molecule has 2 aliphatic carbocycles. The number of aliphatic hydroxyl groups excluding tert-OH is 1. The third-order valence-electron chi connectivity index (χ3n) is 8.45. The Morgan fingerprint density at radius 3 is 2.05 bits per heavy atom. The standard InChI is InChI=1S/C31H34N4O4/c32-28-25(35-16-14-34(15-17-35)21-6-2-1-3-7-21)18-24(33-20-12-10-19(11-13-20)31(38)39)26-27(28)30(37)23-9-5-4-8-22(23)29(26)36/h4-5,8-13,18,21,31,33,38-39H,1-3,6-7,14-17,32H2. The van der Waals surface area contributed by atoms with Crippen LogP contribution in [0.3, 0.4) is 0 Å². The Balaban J connectivity index is 1.38. The van der Waals surface area contributed by atoms with Crippen molar-refractivity contribution in [3.63, 3.8) is 0 Å². The molecule has 1 saturated carbocycles. The van der Waals surface area contributed by atoms with Crippen LogP contribution in [0.4, 0.5) is 22.7 Å². The third-order valence-corrected chi connectivity index (χ3v) is 8.45. The molecule has 5 N–H and O–H groups in total. The minimum atomic E-state index is -1.57. The minimum Gasteiger partial charge on any atom is -0.396 e. The van der Waals surface area contributed by atoms with E-state index in [9.17, 15) is 19.8 Å². The number of nitrogens with two attached hydrogens (primary N) is 1. The Hall–Kier alpha value is -3.72. The Kier molecular flexibility index (Phi) is 6.85. The highest BCUT2D eigenvalue weighted by molar-refractivity contribution is 6.32. The number of nitrogens with zero attached hydrogens (tertiary/aromatic N) is 2. The van der Waals surface area contributed by atoms with Gasteiger partial charge in [-0.2, -0.15) is 0 Å². The van der Waals surface area contributed by atoms with Crippen LogP contribution in [0.1, 0.15) is 75.8 Å².